The van der Waals surface area contributed by atoms with Crippen molar-refractivity contribution in [1.82, 2.24) is 14.8 Å². The Hall–Kier alpha value is -1.10. The number of benzene rings is 1. The van der Waals surface area contributed by atoms with Crippen molar-refractivity contribution in [1.29, 1.82) is 0 Å². The van der Waals surface area contributed by atoms with Gasteiger partial charge in [-0.3, -0.25) is 4.57 Å². The molecule has 1 aromatic carbocycles. The molecule has 0 spiro atoms. The van der Waals surface area contributed by atoms with Gasteiger partial charge in [0.25, 0.3) is 0 Å². The molecule has 0 aliphatic carbocycles. The summed E-state index contributed by atoms with van der Waals surface area (Å²) in [4.78, 5) is 0. The SMILES string of the molecule is OCc1nncn1-c1c(Cl)cccc1Cl. The highest BCUT2D eigenvalue weighted by Gasteiger charge is 2.11. The molecule has 0 aliphatic heterocycles. The summed E-state index contributed by atoms with van der Waals surface area (Å²) in [5.41, 5.74) is 0.579. The Labute approximate surface area is 96.1 Å². The minimum atomic E-state index is -0.221. The number of aromatic nitrogens is 3. The third-order valence-corrected chi connectivity index (χ3v) is 2.55. The molecule has 0 saturated heterocycles. The highest BCUT2D eigenvalue weighted by Crippen LogP contribution is 2.28. The van der Waals surface area contributed by atoms with E-state index in [0.29, 0.717) is 21.6 Å². The number of nitrogens with zero attached hydrogens (tertiary/aromatic N) is 3. The Bertz CT molecular complexity index is 464. The van der Waals surface area contributed by atoms with E-state index in [0.717, 1.165) is 0 Å². The third-order valence-electron chi connectivity index (χ3n) is 1.94. The van der Waals surface area contributed by atoms with Crippen LogP contribution in [0.3, 0.4) is 0 Å². The molecule has 0 aliphatic rings. The van der Waals surface area contributed by atoms with Crippen LogP contribution in [0.1, 0.15) is 5.82 Å². The monoisotopic (exact) mass is 243 g/mol. The number of rotatable bonds is 2. The first-order chi connectivity index (χ1) is 7.24. The molecule has 1 heterocycles. The van der Waals surface area contributed by atoms with Crippen LogP contribution in [0.2, 0.25) is 10.0 Å². The summed E-state index contributed by atoms with van der Waals surface area (Å²) in [5, 5.41) is 17.4. The van der Waals surface area contributed by atoms with Gasteiger partial charge >= 0.3 is 0 Å². The molecule has 0 unspecified atom stereocenters. The average Bonchev–Trinajstić information content (AvgIpc) is 2.65. The van der Waals surface area contributed by atoms with Crippen LogP contribution < -0.4 is 0 Å². The van der Waals surface area contributed by atoms with Gasteiger partial charge in [0.05, 0.1) is 15.7 Å². The summed E-state index contributed by atoms with van der Waals surface area (Å²) in [6, 6.07) is 5.17. The van der Waals surface area contributed by atoms with Crippen molar-refractivity contribution in [3.05, 3.63) is 40.4 Å². The van der Waals surface area contributed by atoms with Crippen molar-refractivity contribution in [2.75, 3.05) is 0 Å². The molecule has 1 aromatic heterocycles. The maximum atomic E-state index is 9.04. The molecular weight excluding hydrogens is 237 g/mol. The van der Waals surface area contributed by atoms with Gasteiger partial charge in [0.2, 0.25) is 0 Å². The number of aliphatic hydroxyl groups excluding tert-OH is 1. The lowest BCUT2D eigenvalue weighted by Gasteiger charge is -2.08. The molecule has 2 rings (SSSR count). The Balaban J connectivity index is 2.63. The van der Waals surface area contributed by atoms with Crippen LogP contribution in [0.25, 0.3) is 5.69 Å². The van der Waals surface area contributed by atoms with Gasteiger partial charge in [-0.1, -0.05) is 29.3 Å². The van der Waals surface area contributed by atoms with Crippen molar-refractivity contribution in [3.8, 4) is 5.69 Å². The van der Waals surface area contributed by atoms with Gasteiger partial charge in [0.1, 0.15) is 12.9 Å². The van der Waals surface area contributed by atoms with Crippen molar-refractivity contribution >= 4 is 23.2 Å². The molecule has 4 nitrogen and oxygen atoms in total. The number of halogens is 2. The molecule has 0 saturated carbocycles. The third kappa shape index (κ3) is 1.84. The van der Waals surface area contributed by atoms with E-state index >= 15 is 0 Å². The highest BCUT2D eigenvalue weighted by atomic mass is 35.5. The molecule has 0 atom stereocenters. The predicted octanol–water partition coefficient (Wildman–Crippen LogP) is 2.07. The molecule has 2 aromatic rings. The molecule has 15 heavy (non-hydrogen) atoms. The fourth-order valence-corrected chi connectivity index (χ4v) is 1.85. The van der Waals surface area contributed by atoms with Crippen LogP contribution in [0.4, 0.5) is 0 Å². The maximum Gasteiger partial charge on any atom is 0.163 e. The summed E-state index contributed by atoms with van der Waals surface area (Å²) in [6.07, 6.45) is 1.46. The van der Waals surface area contributed by atoms with E-state index in [9.17, 15) is 0 Å². The fraction of sp³-hybridized carbons (Fsp3) is 0.111. The molecule has 0 radical (unpaired) electrons. The average molecular weight is 244 g/mol. The topological polar surface area (TPSA) is 50.9 Å². The van der Waals surface area contributed by atoms with Gasteiger partial charge in [-0.15, -0.1) is 10.2 Å². The van der Waals surface area contributed by atoms with Crippen LogP contribution in [0, 0.1) is 0 Å². The van der Waals surface area contributed by atoms with Crippen molar-refractivity contribution in [3.63, 3.8) is 0 Å². The lowest BCUT2D eigenvalue weighted by molar-refractivity contribution is 0.269. The number of hydrogen-bond donors (Lipinski definition) is 1. The van der Waals surface area contributed by atoms with E-state index in [4.69, 9.17) is 28.3 Å². The van der Waals surface area contributed by atoms with E-state index in [1.807, 2.05) is 0 Å². The van der Waals surface area contributed by atoms with Crippen LogP contribution in [-0.4, -0.2) is 19.9 Å². The van der Waals surface area contributed by atoms with E-state index in [2.05, 4.69) is 10.2 Å². The maximum absolute atomic E-state index is 9.04. The Morgan fingerprint density at radius 2 is 1.93 bits per heavy atom. The van der Waals surface area contributed by atoms with Crippen molar-refractivity contribution in [2.45, 2.75) is 6.61 Å². The summed E-state index contributed by atoms with van der Waals surface area (Å²) in [6.45, 7) is -0.221. The second kappa shape index (κ2) is 4.18. The van der Waals surface area contributed by atoms with Crippen molar-refractivity contribution in [2.24, 2.45) is 0 Å². The first-order valence-electron chi connectivity index (χ1n) is 4.18. The minimum Gasteiger partial charge on any atom is -0.388 e. The van der Waals surface area contributed by atoms with Gasteiger partial charge in [-0.25, -0.2) is 0 Å². The van der Waals surface area contributed by atoms with Gasteiger partial charge in [0, 0.05) is 0 Å². The number of para-hydroxylation sites is 1. The van der Waals surface area contributed by atoms with E-state index in [1.165, 1.54) is 6.33 Å². The van der Waals surface area contributed by atoms with E-state index < -0.39 is 0 Å². The summed E-state index contributed by atoms with van der Waals surface area (Å²) >= 11 is 12.0. The second-order valence-electron chi connectivity index (χ2n) is 2.85. The Morgan fingerprint density at radius 1 is 1.27 bits per heavy atom. The fourth-order valence-electron chi connectivity index (χ4n) is 1.27. The van der Waals surface area contributed by atoms with Gasteiger partial charge in [-0.2, -0.15) is 0 Å². The van der Waals surface area contributed by atoms with Gasteiger partial charge in [-0.05, 0) is 12.1 Å². The zero-order valence-corrected chi connectivity index (χ0v) is 9.07. The van der Waals surface area contributed by atoms with Crippen LogP contribution in [0.5, 0.6) is 0 Å². The largest absolute Gasteiger partial charge is 0.388 e. The predicted molar refractivity (Wildman–Crippen MR) is 57.3 cm³/mol. The molecular formula is C9H7Cl2N3O. The molecule has 0 amide bonds. The highest BCUT2D eigenvalue weighted by molar-refractivity contribution is 6.37. The molecule has 1 N–H and O–H groups in total. The quantitative estimate of drug-likeness (QED) is 0.879. The summed E-state index contributed by atoms with van der Waals surface area (Å²) < 4.78 is 1.56. The smallest absolute Gasteiger partial charge is 0.163 e. The van der Waals surface area contributed by atoms with Crippen LogP contribution in [-0.2, 0) is 6.61 Å². The molecule has 0 bridgehead atoms. The van der Waals surface area contributed by atoms with E-state index in [-0.39, 0.29) is 6.61 Å². The number of aliphatic hydroxyl groups is 1. The minimum absolute atomic E-state index is 0.221. The number of hydrogen-bond acceptors (Lipinski definition) is 3. The van der Waals surface area contributed by atoms with Crippen LogP contribution in [0.15, 0.2) is 24.5 Å². The molecule has 0 fully saturated rings. The van der Waals surface area contributed by atoms with Crippen molar-refractivity contribution < 1.29 is 5.11 Å². The van der Waals surface area contributed by atoms with Crippen LogP contribution >= 0.6 is 23.2 Å². The second-order valence-corrected chi connectivity index (χ2v) is 3.66. The standard InChI is InChI=1S/C9H7Cl2N3O/c10-6-2-1-3-7(11)9(6)14-5-12-13-8(14)4-15/h1-3,5,15H,4H2. The summed E-state index contributed by atoms with van der Waals surface area (Å²) in [7, 11) is 0. The molecule has 6 heteroatoms. The zero-order valence-electron chi connectivity index (χ0n) is 7.56. The summed E-state index contributed by atoms with van der Waals surface area (Å²) in [5.74, 6) is 0.394. The normalized spacial score (nSPS) is 10.6. The Kier molecular flexibility index (Phi) is 2.90. The zero-order chi connectivity index (χ0) is 10.8. The van der Waals surface area contributed by atoms with E-state index in [1.54, 1.807) is 22.8 Å². The first kappa shape index (κ1) is 10.4. The van der Waals surface area contributed by atoms with Gasteiger partial charge < -0.3 is 5.11 Å². The lowest BCUT2D eigenvalue weighted by atomic mass is 10.3. The van der Waals surface area contributed by atoms with Gasteiger partial charge in [0.15, 0.2) is 5.82 Å². The molecule has 78 valence electrons. The first-order valence-corrected chi connectivity index (χ1v) is 4.93. The Morgan fingerprint density at radius 3 is 2.53 bits per heavy atom. The lowest BCUT2D eigenvalue weighted by Crippen LogP contribution is -2.01.